The van der Waals surface area contributed by atoms with Crippen LogP contribution in [-0.2, 0) is 10.7 Å². The fourth-order valence-corrected chi connectivity index (χ4v) is 5.01. The molecule has 4 heteroatoms. The molecule has 3 nitrogen and oxygen atoms in total. The van der Waals surface area contributed by atoms with E-state index in [1.165, 1.54) is 0 Å². The van der Waals surface area contributed by atoms with Gasteiger partial charge in [0.15, 0.2) is 7.14 Å². The molecule has 0 aliphatic rings. The van der Waals surface area contributed by atoms with E-state index >= 15 is 0 Å². The molecule has 1 atom stereocenters. The third kappa shape index (κ3) is 2.86. The summed E-state index contributed by atoms with van der Waals surface area (Å²) in [5.41, 5.74) is 0. The van der Waals surface area contributed by atoms with Gasteiger partial charge < -0.3 is 13.7 Å². The lowest BCUT2D eigenvalue weighted by Gasteiger charge is -2.18. The molecule has 0 saturated carbocycles. The van der Waals surface area contributed by atoms with E-state index in [-0.39, 0.29) is 0 Å². The van der Waals surface area contributed by atoms with Crippen LogP contribution in [-0.4, -0.2) is 7.11 Å². The van der Waals surface area contributed by atoms with Crippen molar-refractivity contribution < 1.29 is 13.7 Å². The number of rotatable bonds is 5. The van der Waals surface area contributed by atoms with E-state index in [9.17, 15) is 4.57 Å². The summed E-state index contributed by atoms with van der Waals surface area (Å²) in [4.78, 5) is 0. The average molecular weight is 312 g/mol. The Bertz CT molecular complexity index is 762. The summed E-state index contributed by atoms with van der Waals surface area (Å²) in [6.07, 6.45) is 1.98. The van der Waals surface area contributed by atoms with Crippen molar-refractivity contribution in [3.8, 4) is 5.75 Å². The molecule has 0 spiro atoms. The molecule has 22 heavy (non-hydrogen) atoms. The lowest BCUT2D eigenvalue weighted by molar-refractivity contribution is 0.415. The van der Waals surface area contributed by atoms with Gasteiger partial charge in [0.2, 0.25) is 0 Å². The van der Waals surface area contributed by atoms with E-state index in [2.05, 4.69) is 0 Å². The van der Waals surface area contributed by atoms with Crippen molar-refractivity contribution >= 4 is 17.8 Å². The molecule has 0 N–H and O–H groups in total. The van der Waals surface area contributed by atoms with E-state index in [0.717, 1.165) is 22.1 Å². The summed E-state index contributed by atoms with van der Waals surface area (Å²) in [6, 6.07) is 20.7. The Morgan fingerprint density at radius 1 is 0.909 bits per heavy atom. The minimum Gasteiger partial charge on any atom is -0.497 e. The second kappa shape index (κ2) is 6.25. The first kappa shape index (κ1) is 14.7. The maximum atomic E-state index is 13.8. The molecule has 0 amide bonds. The third-order valence-electron chi connectivity index (χ3n) is 3.62. The number of hydrogen-bond donors (Lipinski definition) is 0. The highest BCUT2D eigenvalue weighted by atomic mass is 31.2. The smallest absolute Gasteiger partial charge is 0.150 e. The highest BCUT2D eigenvalue weighted by molar-refractivity contribution is 7.78. The first-order valence-corrected chi connectivity index (χ1v) is 8.93. The first-order valence-electron chi connectivity index (χ1n) is 7.04. The van der Waals surface area contributed by atoms with Gasteiger partial charge in [-0.1, -0.05) is 30.3 Å². The van der Waals surface area contributed by atoms with E-state index in [0.29, 0.717) is 6.16 Å². The van der Waals surface area contributed by atoms with Gasteiger partial charge in [0, 0.05) is 10.6 Å². The maximum absolute atomic E-state index is 13.8. The van der Waals surface area contributed by atoms with Gasteiger partial charge in [0.05, 0.1) is 19.5 Å². The largest absolute Gasteiger partial charge is 0.497 e. The van der Waals surface area contributed by atoms with Crippen molar-refractivity contribution in [2.45, 2.75) is 6.16 Å². The second-order valence-electron chi connectivity index (χ2n) is 5.01. The summed E-state index contributed by atoms with van der Waals surface area (Å²) < 4.78 is 24.4. The molecule has 112 valence electrons. The van der Waals surface area contributed by atoms with Gasteiger partial charge in [-0.25, -0.2) is 0 Å². The molecule has 3 aromatic rings. The van der Waals surface area contributed by atoms with Crippen molar-refractivity contribution in [3.05, 3.63) is 78.8 Å². The van der Waals surface area contributed by atoms with Crippen molar-refractivity contribution in [3.63, 3.8) is 0 Å². The quantitative estimate of drug-likeness (QED) is 0.673. The van der Waals surface area contributed by atoms with Crippen molar-refractivity contribution in [2.24, 2.45) is 0 Å². The van der Waals surface area contributed by atoms with Gasteiger partial charge in [0.25, 0.3) is 0 Å². The predicted molar refractivity (Wildman–Crippen MR) is 88.7 cm³/mol. The van der Waals surface area contributed by atoms with Gasteiger partial charge in [-0.3, -0.25) is 0 Å². The normalized spacial score (nSPS) is 13.5. The highest BCUT2D eigenvalue weighted by Gasteiger charge is 2.28. The minimum absolute atomic E-state index is 0.371. The molecule has 1 aromatic heterocycles. The van der Waals surface area contributed by atoms with Crippen LogP contribution in [0.15, 0.2) is 77.4 Å². The number of furan rings is 1. The maximum Gasteiger partial charge on any atom is 0.150 e. The fraction of sp³-hybridized carbons (Fsp3) is 0.111. The molecule has 0 saturated heterocycles. The van der Waals surface area contributed by atoms with Gasteiger partial charge in [-0.15, -0.1) is 0 Å². The molecule has 1 heterocycles. The van der Waals surface area contributed by atoms with Crippen LogP contribution in [0.1, 0.15) is 5.76 Å². The third-order valence-corrected chi connectivity index (χ3v) is 6.64. The standard InChI is InChI=1S/C18H17O3P/c1-20-15-9-11-18(12-10-15)22(19,14-16-6-5-13-21-16)17-7-3-2-4-8-17/h2-13H,14H2,1H3. The fourth-order valence-electron chi connectivity index (χ4n) is 2.45. The Kier molecular flexibility index (Phi) is 4.17. The highest BCUT2D eigenvalue weighted by Crippen LogP contribution is 2.47. The summed E-state index contributed by atoms with van der Waals surface area (Å²) >= 11 is 0. The van der Waals surface area contributed by atoms with E-state index in [1.807, 2.05) is 66.7 Å². The number of benzene rings is 2. The molecule has 0 aliphatic heterocycles. The van der Waals surface area contributed by atoms with E-state index < -0.39 is 7.14 Å². The zero-order valence-corrected chi connectivity index (χ0v) is 13.2. The number of ether oxygens (including phenoxy) is 1. The van der Waals surface area contributed by atoms with Crippen LogP contribution < -0.4 is 15.3 Å². The van der Waals surface area contributed by atoms with E-state index in [4.69, 9.17) is 9.15 Å². The Morgan fingerprint density at radius 3 is 2.18 bits per heavy atom. The van der Waals surface area contributed by atoms with Gasteiger partial charge in [0.1, 0.15) is 11.5 Å². The van der Waals surface area contributed by atoms with Crippen molar-refractivity contribution in [2.75, 3.05) is 7.11 Å². The Morgan fingerprint density at radius 2 is 1.59 bits per heavy atom. The SMILES string of the molecule is COc1ccc(P(=O)(Cc2ccco2)c2ccccc2)cc1. The van der Waals surface area contributed by atoms with Crippen molar-refractivity contribution in [1.29, 1.82) is 0 Å². The van der Waals surface area contributed by atoms with Gasteiger partial charge >= 0.3 is 0 Å². The van der Waals surface area contributed by atoms with Crippen LogP contribution in [0.3, 0.4) is 0 Å². The Hall–Kier alpha value is -2.25. The van der Waals surface area contributed by atoms with Crippen LogP contribution in [0.2, 0.25) is 0 Å². The molecule has 0 aliphatic carbocycles. The number of methoxy groups -OCH3 is 1. The minimum atomic E-state index is -2.79. The summed E-state index contributed by atoms with van der Waals surface area (Å²) in [5, 5.41) is 1.63. The average Bonchev–Trinajstić information content (AvgIpc) is 3.08. The Balaban J connectivity index is 2.07. The monoisotopic (exact) mass is 312 g/mol. The van der Waals surface area contributed by atoms with Crippen LogP contribution in [0.5, 0.6) is 5.75 Å². The second-order valence-corrected chi connectivity index (χ2v) is 7.84. The topological polar surface area (TPSA) is 39.4 Å². The molecule has 1 unspecified atom stereocenters. The molecular weight excluding hydrogens is 295 g/mol. The zero-order chi connectivity index (χ0) is 15.4. The Labute approximate surface area is 129 Å². The summed E-state index contributed by atoms with van der Waals surface area (Å²) in [5.74, 6) is 1.48. The molecular formula is C18H17O3P. The first-order chi connectivity index (χ1) is 10.7. The van der Waals surface area contributed by atoms with Gasteiger partial charge in [-0.05, 0) is 36.4 Å². The number of hydrogen-bond acceptors (Lipinski definition) is 3. The summed E-state index contributed by atoms with van der Waals surface area (Å²) in [6.45, 7) is 0. The molecule has 3 rings (SSSR count). The lowest BCUT2D eigenvalue weighted by Crippen LogP contribution is -2.17. The molecule has 0 fully saturated rings. The van der Waals surface area contributed by atoms with Crippen LogP contribution in [0.4, 0.5) is 0 Å². The molecule has 2 aromatic carbocycles. The molecule has 0 radical (unpaired) electrons. The zero-order valence-electron chi connectivity index (χ0n) is 12.3. The van der Waals surface area contributed by atoms with Crippen LogP contribution >= 0.6 is 7.14 Å². The lowest BCUT2D eigenvalue weighted by atomic mass is 10.3. The molecule has 0 bridgehead atoms. The van der Waals surface area contributed by atoms with Crippen LogP contribution in [0.25, 0.3) is 0 Å². The van der Waals surface area contributed by atoms with E-state index in [1.54, 1.807) is 13.4 Å². The summed E-state index contributed by atoms with van der Waals surface area (Å²) in [7, 11) is -1.17. The van der Waals surface area contributed by atoms with Crippen molar-refractivity contribution in [1.82, 2.24) is 0 Å². The van der Waals surface area contributed by atoms with Gasteiger partial charge in [-0.2, -0.15) is 0 Å². The van der Waals surface area contributed by atoms with Crippen LogP contribution in [0, 0.1) is 0 Å². The predicted octanol–water partition coefficient (Wildman–Crippen LogP) is 3.80.